The number of ether oxygens (including phenoxy) is 1. The third-order valence-corrected chi connectivity index (χ3v) is 4.20. The summed E-state index contributed by atoms with van der Waals surface area (Å²) in [5.74, 6) is 0. The van der Waals surface area contributed by atoms with Gasteiger partial charge in [-0.2, -0.15) is 0 Å². The fraction of sp³-hybridized carbons (Fsp3) is 0.625. The summed E-state index contributed by atoms with van der Waals surface area (Å²) in [6, 6.07) is 8.45. The second-order valence-corrected chi connectivity index (χ2v) is 5.64. The van der Waals surface area contributed by atoms with Crippen molar-refractivity contribution in [1.29, 1.82) is 0 Å². The number of hydrogen-bond acceptors (Lipinski definition) is 3. The second-order valence-electron chi connectivity index (χ2n) is 5.64. The van der Waals surface area contributed by atoms with Crippen LogP contribution in [-0.4, -0.2) is 26.8 Å². The Bertz CT molecular complexity index is 388. The fourth-order valence-corrected chi connectivity index (χ4v) is 2.59. The molecule has 3 nitrogen and oxygen atoms in total. The van der Waals surface area contributed by atoms with Gasteiger partial charge in [-0.25, -0.2) is 0 Å². The van der Waals surface area contributed by atoms with Crippen molar-refractivity contribution in [2.45, 2.75) is 32.2 Å². The van der Waals surface area contributed by atoms with Crippen molar-refractivity contribution < 1.29 is 4.74 Å². The first kappa shape index (κ1) is 14.5. The fourth-order valence-electron chi connectivity index (χ4n) is 2.59. The molecule has 1 aliphatic carbocycles. The highest BCUT2D eigenvalue weighted by Crippen LogP contribution is 2.48. The molecule has 0 amide bonds. The number of nitrogens with one attached hydrogen (secondary N) is 1. The number of benzene rings is 1. The van der Waals surface area contributed by atoms with Crippen LogP contribution in [0.5, 0.6) is 0 Å². The Morgan fingerprint density at radius 1 is 1.26 bits per heavy atom. The van der Waals surface area contributed by atoms with E-state index >= 15 is 0 Å². The molecule has 0 aromatic heterocycles. The van der Waals surface area contributed by atoms with E-state index in [1.165, 1.54) is 30.4 Å². The number of rotatable bonds is 9. The maximum atomic E-state index is 5.75. The number of hydrogen-bond donors (Lipinski definition) is 2. The lowest BCUT2D eigenvalue weighted by Crippen LogP contribution is -2.27. The zero-order chi connectivity index (χ0) is 13.6. The molecule has 1 aliphatic rings. The van der Waals surface area contributed by atoms with Gasteiger partial charge >= 0.3 is 0 Å². The van der Waals surface area contributed by atoms with Crippen LogP contribution in [0.25, 0.3) is 0 Å². The van der Waals surface area contributed by atoms with Crippen molar-refractivity contribution in [2.75, 3.05) is 26.8 Å². The van der Waals surface area contributed by atoms with Crippen molar-refractivity contribution >= 4 is 0 Å². The summed E-state index contributed by atoms with van der Waals surface area (Å²) in [7, 11) is 1.78. The van der Waals surface area contributed by atoms with Crippen molar-refractivity contribution in [3.63, 3.8) is 0 Å². The monoisotopic (exact) mass is 262 g/mol. The van der Waals surface area contributed by atoms with Gasteiger partial charge in [0.15, 0.2) is 0 Å². The summed E-state index contributed by atoms with van der Waals surface area (Å²) in [5, 5.41) is 3.60. The molecule has 0 unspecified atom stereocenters. The molecular formula is C16H26N2O. The van der Waals surface area contributed by atoms with Crippen molar-refractivity contribution in [1.82, 2.24) is 5.32 Å². The standard InChI is InChI=1S/C16H26N2O/c1-19-11-9-16(7-8-16)13-18-10-6-14-4-2-3-5-15(14)12-17/h2-5,18H,6-13,17H2,1H3. The SMILES string of the molecule is COCCC1(CNCCc2ccccc2CN)CC1. The number of nitrogens with two attached hydrogens (primary N) is 1. The summed E-state index contributed by atoms with van der Waals surface area (Å²) in [6.07, 6.45) is 4.95. The van der Waals surface area contributed by atoms with Crippen molar-refractivity contribution in [3.8, 4) is 0 Å². The molecule has 0 spiro atoms. The van der Waals surface area contributed by atoms with Crippen LogP contribution in [0.15, 0.2) is 24.3 Å². The van der Waals surface area contributed by atoms with Gasteiger partial charge in [0, 0.05) is 26.8 Å². The highest BCUT2D eigenvalue weighted by molar-refractivity contribution is 5.27. The average Bonchev–Trinajstić information content (AvgIpc) is 3.22. The van der Waals surface area contributed by atoms with E-state index < -0.39 is 0 Å². The minimum Gasteiger partial charge on any atom is -0.385 e. The Labute approximate surface area is 116 Å². The van der Waals surface area contributed by atoms with Gasteiger partial charge in [0.2, 0.25) is 0 Å². The average molecular weight is 262 g/mol. The van der Waals surface area contributed by atoms with Crippen LogP contribution in [0.2, 0.25) is 0 Å². The van der Waals surface area contributed by atoms with E-state index in [1.54, 1.807) is 7.11 Å². The molecule has 0 aliphatic heterocycles. The van der Waals surface area contributed by atoms with E-state index in [1.807, 2.05) is 0 Å². The Hall–Kier alpha value is -0.900. The van der Waals surface area contributed by atoms with Crippen LogP contribution in [-0.2, 0) is 17.7 Å². The van der Waals surface area contributed by atoms with Crippen molar-refractivity contribution in [2.24, 2.45) is 11.1 Å². The lowest BCUT2D eigenvalue weighted by molar-refractivity contribution is 0.171. The first-order valence-electron chi connectivity index (χ1n) is 7.26. The van der Waals surface area contributed by atoms with Gasteiger partial charge in [-0.3, -0.25) is 0 Å². The second kappa shape index (κ2) is 7.04. The summed E-state index contributed by atoms with van der Waals surface area (Å²) < 4.78 is 5.18. The topological polar surface area (TPSA) is 47.3 Å². The Morgan fingerprint density at radius 2 is 2.00 bits per heavy atom. The maximum Gasteiger partial charge on any atom is 0.0468 e. The van der Waals surface area contributed by atoms with Crippen LogP contribution < -0.4 is 11.1 Å². The molecule has 2 rings (SSSR count). The predicted octanol–water partition coefficient (Wildman–Crippen LogP) is 2.09. The van der Waals surface area contributed by atoms with E-state index in [4.69, 9.17) is 10.5 Å². The van der Waals surface area contributed by atoms with Gasteiger partial charge in [-0.05, 0) is 48.8 Å². The smallest absolute Gasteiger partial charge is 0.0468 e. The van der Waals surface area contributed by atoms with E-state index in [-0.39, 0.29) is 0 Å². The van der Waals surface area contributed by atoms with Gasteiger partial charge in [-0.1, -0.05) is 24.3 Å². The molecule has 1 fully saturated rings. The zero-order valence-corrected chi connectivity index (χ0v) is 12.0. The number of methoxy groups -OCH3 is 1. The summed E-state index contributed by atoms with van der Waals surface area (Å²) in [4.78, 5) is 0. The lowest BCUT2D eigenvalue weighted by atomic mass is 10.0. The molecule has 1 aromatic carbocycles. The molecule has 0 heterocycles. The molecule has 0 radical (unpaired) electrons. The van der Waals surface area contributed by atoms with Crippen LogP contribution in [0, 0.1) is 5.41 Å². The predicted molar refractivity (Wildman–Crippen MR) is 79.1 cm³/mol. The van der Waals surface area contributed by atoms with Gasteiger partial charge in [0.25, 0.3) is 0 Å². The summed E-state index contributed by atoms with van der Waals surface area (Å²) >= 11 is 0. The Morgan fingerprint density at radius 3 is 2.63 bits per heavy atom. The normalized spacial score (nSPS) is 16.5. The van der Waals surface area contributed by atoms with E-state index in [9.17, 15) is 0 Å². The molecule has 1 saturated carbocycles. The van der Waals surface area contributed by atoms with Crippen LogP contribution in [0.4, 0.5) is 0 Å². The third-order valence-electron chi connectivity index (χ3n) is 4.20. The quantitative estimate of drug-likeness (QED) is 0.670. The minimum absolute atomic E-state index is 0.531. The van der Waals surface area contributed by atoms with Crippen LogP contribution >= 0.6 is 0 Å². The molecule has 1 aromatic rings. The van der Waals surface area contributed by atoms with Gasteiger partial charge in [0.1, 0.15) is 0 Å². The van der Waals surface area contributed by atoms with E-state index in [0.29, 0.717) is 12.0 Å². The molecule has 106 valence electrons. The molecule has 3 heteroatoms. The molecule has 19 heavy (non-hydrogen) atoms. The van der Waals surface area contributed by atoms with E-state index in [2.05, 4.69) is 29.6 Å². The summed E-state index contributed by atoms with van der Waals surface area (Å²) in [6.45, 7) is 3.68. The first-order valence-corrected chi connectivity index (χ1v) is 7.26. The first-order chi connectivity index (χ1) is 9.29. The third kappa shape index (κ3) is 4.30. The van der Waals surface area contributed by atoms with Crippen LogP contribution in [0.3, 0.4) is 0 Å². The van der Waals surface area contributed by atoms with Gasteiger partial charge < -0.3 is 15.8 Å². The Balaban J connectivity index is 1.69. The lowest BCUT2D eigenvalue weighted by Gasteiger charge is -2.16. The molecule has 3 N–H and O–H groups in total. The van der Waals surface area contributed by atoms with Gasteiger partial charge in [-0.15, -0.1) is 0 Å². The largest absolute Gasteiger partial charge is 0.385 e. The highest BCUT2D eigenvalue weighted by Gasteiger charge is 2.41. The maximum absolute atomic E-state index is 5.75. The van der Waals surface area contributed by atoms with Crippen molar-refractivity contribution in [3.05, 3.63) is 35.4 Å². The Kier molecular flexibility index (Phi) is 5.37. The highest BCUT2D eigenvalue weighted by atomic mass is 16.5. The molecular weight excluding hydrogens is 236 g/mol. The molecule has 0 bridgehead atoms. The molecule has 0 saturated heterocycles. The summed E-state index contributed by atoms with van der Waals surface area (Å²) in [5.41, 5.74) is 8.93. The zero-order valence-electron chi connectivity index (χ0n) is 12.0. The molecule has 0 atom stereocenters. The van der Waals surface area contributed by atoms with Crippen LogP contribution in [0.1, 0.15) is 30.4 Å². The van der Waals surface area contributed by atoms with E-state index in [0.717, 1.165) is 26.1 Å². The minimum atomic E-state index is 0.531. The van der Waals surface area contributed by atoms with Gasteiger partial charge in [0.05, 0.1) is 0 Å².